The molecule has 110 valence electrons. The first-order valence-electron chi connectivity index (χ1n) is 6.98. The van der Waals surface area contributed by atoms with Crippen LogP contribution in [-0.4, -0.2) is 22.8 Å². The van der Waals surface area contributed by atoms with Crippen molar-refractivity contribution in [3.63, 3.8) is 0 Å². The van der Waals surface area contributed by atoms with Gasteiger partial charge >= 0.3 is 0 Å². The Kier molecular flexibility index (Phi) is 4.20. The highest BCUT2D eigenvalue weighted by molar-refractivity contribution is 9.10. The van der Waals surface area contributed by atoms with E-state index in [1.54, 1.807) is 23.4 Å². The predicted molar refractivity (Wildman–Crippen MR) is 91.7 cm³/mol. The number of hydrogen-bond donors (Lipinski definition) is 0. The van der Waals surface area contributed by atoms with Gasteiger partial charge in [-0.1, -0.05) is 42.5 Å². The maximum atomic E-state index is 12.5. The molecule has 0 radical (unpaired) electrons. The number of aromatic nitrogens is 1. The monoisotopic (exact) mass is 354 g/mol. The molecule has 0 saturated carbocycles. The van der Waals surface area contributed by atoms with Gasteiger partial charge in [-0.2, -0.15) is 0 Å². The molecule has 3 rings (SSSR count). The van der Waals surface area contributed by atoms with Gasteiger partial charge in [0.25, 0.3) is 5.91 Å². The summed E-state index contributed by atoms with van der Waals surface area (Å²) in [5.74, 6) is -0.0401. The van der Waals surface area contributed by atoms with E-state index in [1.165, 1.54) is 10.8 Å². The van der Waals surface area contributed by atoms with Crippen LogP contribution >= 0.6 is 15.9 Å². The number of carbonyl (C=O) groups excluding carboxylic acids is 1. The second-order valence-corrected chi connectivity index (χ2v) is 6.11. The van der Waals surface area contributed by atoms with Crippen LogP contribution in [0, 0.1) is 0 Å². The van der Waals surface area contributed by atoms with Crippen LogP contribution in [-0.2, 0) is 6.54 Å². The summed E-state index contributed by atoms with van der Waals surface area (Å²) in [7, 11) is 1.81. The molecule has 3 aromatic rings. The first-order valence-corrected chi connectivity index (χ1v) is 7.77. The summed E-state index contributed by atoms with van der Waals surface area (Å²) in [5.41, 5.74) is 1.72. The Morgan fingerprint density at radius 3 is 2.73 bits per heavy atom. The normalized spacial score (nSPS) is 10.6. The molecule has 3 nitrogen and oxygen atoms in total. The highest BCUT2D eigenvalue weighted by Gasteiger charge is 2.13. The van der Waals surface area contributed by atoms with Crippen molar-refractivity contribution in [1.82, 2.24) is 9.88 Å². The Labute approximate surface area is 137 Å². The minimum atomic E-state index is -0.0401. The van der Waals surface area contributed by atoms with Gasteiger partial charge in [-0.15, -0.1) is 0 Å². The van der Waals surface area contributed by atoms with Crippen molar-refractivity contribution in [3.05, 3.63) is 76.5 Å². The predicted octanol–water partition coefficient (Wildman–Crippen LogP) is 4.27. The zero-order chi connectivity index (χ0) is 15.5. The fourth-order valence-corrected chi connectivity index (χ4v) is 2.87. The van der Waals surface area contributed by atoms with E-state index in [1.807, 2.05) is 25.2 Å². The summed E-state index contributed by atoms with van der Waals surface area (Å²) in [6.07, 6.45) is 3.26. The van der Waals surface area contributed by atoms with Gasteiger partial charge in [-0.05, 0) is 38.3 Å². The number of fused-ring (bicyclic) bond motifs is 1. The van der Waals surface area contributed by atoms with E-state index in [0.29, 0.717) is 12.1 Å². The maximum Gasteiger partial charge on any atom is 0.255 e. The third-order valence-electron chi connectivity index (χ3n) is 3.59. The first-order chi connectivity index (χ1) is 10.6. The quantitative estimate of drug-likeness (QED) is 0.703. The average molecular weight is 355 g/mol. The minimum Gasteiger partial charge on any atom is -0.337 e. The van der Waals surface area contributed by atoms with E-state index < -0.39 is 0 Å². The zero-order valence-electron chi connectivity index (χ0n) is 12.2. The summed E-state index contributed by atoms with van der Waals surface area (Å²) in [6, 6.07) is 16.2. The highest BCUT2D eigenvalue weighted by Crippen LogP contribution is 2.20. The van der Waals surface area contributed by atoms with Crippen LogP contribution < -0.4 is 0 Å². The summed E-state index contributed by atoms with van der Waals surface area (Å²) < 4.78 is 0.803. The third kappa shape index (κ3) is 3.02. The van der Waals surface area contributed by atoms with Crippen molar-refractivity contribution in [3.8, 4) is 0 Å². The van der Waals surface area contributed by atoms with Gasteiger partial charge in [0.1, 0.15) is 0 Å². The molecule has 0 fully saturated rings. The molecular weight excluding hydrogens is 340 g/mol. The molecule has 1 aromatic heterocycles. The van der Waals surface area contributed by atoms with Gasteiger partial charge in [0, 0.05) is 30.5 Å². The Balaban J connectivity index is 1.87. The number of hydrogen-bond acceptors (Lipinski definition) is 2. The van der Waals surface area contributed by atoms with Crippen LogP contribution in [0.25, 0.3) is 10.8 Å². The molecule has 0 bridgehead atoms. The molecule has 0 atom stereocenters. The van der Waals surface area contributed by atoms with E-state index in [9.17, 15) is 4.79 Å². The molecule has 1 amide bonds. The van der Waals surface area contributed by atoms with Crippen molar-refractivity contribution < 1.29 is 4.79 Å². The number of carbonyl (C=O) groups is 1. The first kappa shape index (κ1) is 14.7. The summed E-state index contributed by atoms with van der Waals surface area (Å²) in [4.78, 5) is 18.3. The van der Waals surface area contributed by atoms with Gasteiger partial charge in [0.15, 0.2) is 0 Å². The van der Waals surface area contributed by atoms with E-state index in [4.69, 9.17) is 0 Å². The highest BCUT2D eigenvalue weighted by atomic mass is 79.9. The zero-order valence-corrected chi connectivity index (χ0v) is 13.7. The molecule has 0 aliphatic heterocycles. The van der Waals surface area contributed by atoms with E-state index >= 15 is 0 Å². The Morgan fingerprint density at radius 2 is 1.91 bits per heavy atom. The van der Waals surface area contributed by atoms with Gasteiger partial charge in [0.05, 0.1) is 5.56 Å². The lowest BCUT2D eigenvalue weighted by atomic mass is 10.0. The largest absolute Gasteiger partial charge is 0.337 e. The standard InChI is InChI=1S/C18H15BrN2O/c1-21(18(22)15-9-16(19)11-20-10-15)12-14-7-4-6-13-5-2-3-8-17(13)14/h2-11H,12H2,1H3. The summed E-state index contributed by atoms with van der Waals surface area (Å²) >= 11 is 3.35. The van der Waals surface area contributed by atoms with E-state index in [-0.39, 0.29) is 5.91 Å². The van der Waals surface area contributed by atoms with Crippen LogP contribution in [0.15, 0.2) is 65.4 Å². The number of benzene rings is 2. The lowest BCUT2D eigenvalue weighted by Gasteiger charge is -2.18. The molecule has 0 spiro atoms. The Hall–Kier alpha value is -2.20. The van der Waals surface area contributed by atoms with Crippen LogP contribution in [0.3, 0.4) is 0 Å². The topological polar surface area (TPSA) is 33.2 Å². The molecule has 0 aliphatic rings. The van der Waals surface area contributed by atoms with Crippen LogP contribution in [0.1, 0.15) is 15.9 Å². The molecule has 1 heterocycles. The second kappa shape index (κ2) is 6.28. The molecule has 2 aromatic carbocycles. The van der Waals surface area contributed by atoms with Crippen molar-refractivity contribution in [1.29, 1.82) is 0 Å². The SMILES string of the molecule is CN(Cc1cccc2ccccc12)C(=O)c1cncc(Br)c1. The van der Waals surface area contributed by atoms with Crippen LogP contribution in [0.4, 0.5) is 0 Å². The molecule has 0 N–H and O–H groups in total. The van der Waals surface area contributed by atoms with E-state index in [2.05, 4.69) is 45.2 Å². The van der Waals surface area contributed by atoms with Crippen molar-refractivity contribution in [2.75, 3.05) is 7.05 Å². The summed E-state index contributed by atoms with van der Waals surface area (Å²) in [6.45, 7) is 0.562. The lowest BCUT2D eigenvalue weighted by molar-refractivity contribution is 0.0785. The number of amides is 1. The number of nitrogens with zero attached hydrogens (tertiary/aromatic N) is 2. The second-order valence-electron chi connectivity index (χ2n) is 5.19. The minimum absolute atomic E-state index is 0.0401. The molecule has 0 saturated heterocycles. The fraction of sp³-hybridized carbons (Fsp3) is 0.111. The molecular formula is C18H15BrN2O. The van der Waals surface area contributed by atoms with Crippen molar-refractivity contribution in [2.24, 2.45) is 0 Å². The van der Waals surface area contributed by atoms with Gasteiger partial charge in [0.2, 0.25) is 0 Å². The Bertz CT molecular complexity index is 827. The molecule has 0 aliphatic carbocycles. The van der Waals surface area contributed by atoms with E-state index in [0.717, 1.165) is 10.0 Å². The summed E-state index contributed by atoms with van der Waals surface area (Å²) in [5, 5.41) is 2.36. The average Bonchev–Trinajstić information content (AvgIpc) is 2.54. The number of pyridine rings is 1. The smallest absolute Gasteiger partial charge is 0.255 e. The maximum absolute atomic E-state index is 12.5. The lowest BCUT2D eigenvalue weighted by Crippen LogP contribution is -2.26. The molecule has 0 unspecified atom stereocenters. The third-order valence-corrected chi connectivity index (χ3v) is 4.02. The fourth-order valence-electron chi connectivity index (χ4n) is 2.51. The van der Waals surface area contributed by atoms with Gasteiger partial charge < -0.3 is 4.90 Å². The van der Waals surface area contributed by atoms with Crippen molar-refractivity contribution >= 4 is 32.6 Å². The molecule has 4 heteroatoms. The Morgan fingerprint density at radius 1 is 1.14 bits per heavy atom. The molecule has 22 heavy (non-hydrogen) atoms. The van der Waals surface area contributed by atoms with Crippen LogP contribution in [0.2, 0.25) is 0 Å². The van der Waals surface area contributed by atoms with Gasteiger partial charge in [-0.3, -0.25) is 9.78 Å². The number of halogens is 1. The number of rotatable bonds is 3. The van der Waals surface area contributed by atoms with Crippen LogP contribution in [0.5, 0.6) is 0 Å². The van der Waals surface area contributed by atoms with Crippen molar-refractivity contribution in [2.45, 2.75) is 6.54 Å². The van der Waals surface area contributed by atoms with Gasteiger partial charge in [-0.25, -0.2) is 0 Å².